The van der Waals surface area contributed by atoms with Gasteiger partial charge in [0, 0.05) is 10.3 Å². The van der Waals surface area contributed by atoms with Crippen LogP contribution in [0.25, 0.3) is 11.5 Å². The van der Waals surface area contributed by atoms with Gasteiger partial charge in [-0.3, -0.25) is 0 Å². The highest BCUT2D eigenvalue weighted by Gasteiger charge is 2.14. The molecule has 0 fully saturated rings. The van der Waals surface area contributed by atoms with Gasteiger partial charge in [0.15, 0.2) is 5.82 Å². The van der Waals surface area contributed by atoms with E-state index in [1.54, 1.807) is 23.9 Å². The minimum Gasteiger partial charge on any atom is -0.478 e. The SMILES string of the molecule is CC(C)(C)SCc1noc(-c2ccc(C(=O)O)cc2)n1. The average molecular weight is 292 g/mol. The normalized spacial score (nSPS) is 11.6. The fourth-order valence-corrected chi connectivity index (χ4v) is 2.15. The van der Waals surface area contributed by atoms with Crippen LogP contribution in [-0.2, 0) is 5.75 Å². The van der Waals surface area contributed by atoms with E-state index < -0.39 is 5.97 Å². The van der Waals surface area contributed by atoms with Crippen molar-refractivity contribution in [1.82, 2.24) is 10.1 Å². The van der Waals surface area contributed by atoms with E-state index in [-0.39, 0.29) is 10.3 Å². The molecule has 106 valence electrons. The molecule has 0 spiro atoms. The van der Waals surface area contributed by atoms with Crippen LogP contribution >= 0.6 is 11.8 Å². The Morgan fingerprint density at radius 3 is 2.50 bits per heavy atom. The van der Waals surface area contributed by atoms with Gasteiger partial charge in [-0.1, -0.05) is 25.9 Å². The second-order valence-electron chi connectivity index (χ2n) is 5.30. The average Bonchev–Trinajstić information content (AvgIpc) is 2.84. The highest BCUT2D eigenvalue weighted by atomic mass is 32.2. The number of rotatable bonds is 4. The van der Waals surface area contributed by atoms with Crippen molar-refractivity contribution in [3.8, 4) is 11.5 Å². The molecule has 0 atom stereocenters. The van der Waals surface area contributed by atoms with Crippen LogP contribution in [0.3, 0.4) is 0 Å². The van der Waals surface area contributed by atoms with E-state index in [2.05, 4.69) is 30.9 Å². The summed E-state index contributed by atoms with van der Waals surface area (Å²) in [5.41, 5.74) is 0.950. The van der Waals surface area contributed by atoms with Crippen molar-refractivity contribution in [2.24, 2.45) is 0 Å². The minimum absolute atomic E-state index is 0.143. The number of hydrogen-bond acceptors (Lipinski definition) is 5. The Kier molecular flexibility index (Phi) is 4.13. The second kappa shape index (κ2) is 5.66. The van der Waals surface area contributed by atoms with E-state index in [0.29, 0.717) is 17.5 Å². The van der Waals surface area contributed by atoms with Crippen molar-refractivity contribution in [1.29, 1.82) is 0 Å². The predicted octanol–water partition coefficient (Wildman–Crippen LogP) is 3.47. The molecule has 0 aliphatic carbocycles. The number of nitrogens with zero attached hydrogens (tertiary/aromatic N) is 2. The van der Waals surface area contributed by atoms with Crippen molar-refractivity contribution in [2.75, 3.05) is 0 Å². The monoisotopic (exact) mass is 292 g/mol. The fraction of sp³-hybridized carbons (Fsp3) is 0.357. The molecule has 0 unspecified atom stereocenters. The van der Waals surface area contributed by atoms with E-state index in [0.717, 1.165) is 5.56 Å². The molecule has 0 amide bonds. The Balaban J connectivity index is 2.10. The zero-order valence-corrected chi connectivity index (χ0v) is 12.4. The number of hydrogen-bond donors (Lipinski definition) is 1. The molecule has 1 N–H and O–H groups in total. The van der Waals surface area contributed by atoms with Crippen LogP contribution in [-0.4, -0.2) is 26.0 Å². The number of aromatic nitrogens is 2. The number of carboxylic acid groups (broad SMARTS) is 1. The lowest BCUT2D eigenvalue weighted by molar-refractivity contribution is 0.0697. The van der Waals surface area contributed by atoms with Crippen LogP contribution in [0.4, 0.5) is 0 Å². The lowest BCUT2D eigenvalue weighted by atomic mass is 10.1. The summed E-state index contributed by atoms with van der Waals surface area (Å²) >= 11 is 1.74. The Bertz CT molecular complexity index is 600. The quantitative estimate of drug-likeness (QED) is 0.930. The summed E-state index contributed by atoms with van der Waals surface area (Å²) in [4.78, 5) is 15.1. The topological polar surface area (TPSA) is 76.2 Å². The minimum atomic E-state index is -0.954. The summed E-state index contributed by atoms with van der Waals surface area (Å²) in [5.74, 6) is 0.776. The van der Waals surface area contributed by atoms with Crippen LogP contribution in [0, 0.1) is 0 Å². The lowest BCUT2D eigenvalue weighted by Gasteiger charge is -2.15. The van der Waals surface area contributed by atoms with Gasteiger partial charge < -0.3 is 9.63 Å². The summed E-state index contributed by atoms with van der Waals surface area (Å²) < 4.78 is 5.34. The smallest absolute Gasteiger partial charge is 0.335 e. The van der Waals surface area contributed by atoms with Crippen LogP contribution in [0.2, 0.25) is 0 Å². The molecule has 2 aromatic rings. The molecule has 0 saturated heterocycles. The van der Waals surface area contributed by atoms with Crippen LogP contribution < -0.4 is 0 Å². The van der Waals surface area contributed by atoms with Gasteiger partial charge in [-0.15, -0.1) is 11.8 Å². The Labute approximate surface area is 121 Å². The van der Waals surface area contributed by atoms with Crippen molar-refractivity contribution < 1.29 is 14.4 Å². The number of benzene rings is 1. The van der Waals surface area contributed by atoms with Gasteiger partial charge in [0.1, 0.15) is 0 Å². The molecule has 2 rings (SSSR count). The molecule has 1 heterocycles. The Morgan fingerprint density at radius 1 is 1.30 bits per heavy atom. The molecule has 20 heavy (non-hydrogen) atoms. The summed E-state index contributed by atoms with van der Waals surface area (Å²) in [6.07, 6.45) is 0. The zero-order valence-electron chi connectivity index (χ0n) is 11.6. The molecular formula is C14H16N2O3S. The van der Waals surface area contributed by atoms with Crippen LogP contribution in [0.15, 0.2) is 28.8 Å². The first-order valence-corrected chi connectivity index (χ1v) is 7.14. The molecule has 0 radical (unpaired) electrons. The first kappa shape index (κ1) is 14.6. The van der Waals surface area contributed by atoms with Crippen molar-refractivity contribution >= 4 is 17.7 Å². The van der Waals surface area contributed by atoms with Gasteiger partial charge in [-0.05, 0) is 24.3 Å². The van der Waals surface area contributed by atoms with Gasteiger partial charge in [-0.2, -0.15) is 4.98 Å². The largest absolute Gasteiger partial charge is 0.478 e. The molecular weight excluding hydrogens is 276 g/mol. The number of thioether (sulfide) groups is 1. The Hall–Kier alpha value is -1.82. The molecule has 0 saturated carbocycles. The predicted molar refractivity (Wildman–Crippen MR) is 77.7 cm³/mol. The second-order valence-corrected chi connectivity index (χ2v) is 7.10. The highest BCUT2D eigenvalue weighted by molar-refractivity contribution is 7.99. The van der Waals surface area contributed by atoms with Gasteiger partial charge in [0.05, 0.1) is 11.3 Å². The van der Waals surface area contributed by atoms with Crippen LogP contribution in [0.5, 0.6) is 0 Å². The fourth-order valence-electron chi connectivity index (χ4n) is 1.47. The number of carboxylic acids is 1. The summed E-state index contributed by atoms with van der Waals surface area (Å²) in [5, 5.41) is 12.8. The zero-order chi connectivity index (χ0) is 14.8. The maximum atomic E-state index is 10.8. The van der Waals surface area contributed by atoms with Crippen molar-refractivity contribution in [2.45, 2.75) is 31.3 Å². The standard InChI is InChI=1S/C14H16N2O3S/c1-14(2,3)20-8-11-15-12(19-16-11)9-4-6-10(7-5-9)13(17)18/h4-7H,8H2,1-3H3,(H,17,18). The van der Waals surface area contributed by atoms with Crippen LogP contribution in [0.1, 0.15) is 37.0 Å². The van der Waals surface area contributed by atoms with E-state index in [4.69, 9.17) is 9.63 Å². The molecule has 0 aliphatic rings. The number of aromatic carboxylic acids is 1. The Morgan fingerprint density at radius 2 is 1.95 bits per heavy atom. The summed E-state index contributed by atoms with van der Waals surface area (Å²) in [7, 11) is 0. The maximum absolute atomic E-state index is 10.8. The van der Waals surface area contributed by atoms with Gasteiger partial charge in [0.25, 0.3) is 5.89 Å². The molecule has 0 bridgehead atoms. The van der Waals surface area contributed by atoms with Gasteiger partial charge in [-0.25, -0.2) is 4.79 Å². The molecule has 1 aromatic heterocycles. The first-order chi connectivity index (χ1) is 9.35. The third-order valence-electron chi connectivity index (χ3n) is 2.48. The van der Waals surface area contributed by atoms with E-state index in [1.165, 1.54) is 12.1 Å². The van der Waals surface area contributed by atoms with Gasteiger partial charge >= 0.3 is 5.97 Å². The third-order valence-corrected chi connectivity index (χ3v) is 3.75. The molecule has 0 aliphatic heterocycles. The van der Waals surface area contributed by atoms with Crippen molar-refractivity contribution in [3.63, 3.8) is 0 Å². The van der Waals surface area contributed by atoms with E-state index >= 15 is 0 Å². The highest BCUT2D eigenvalue weighted by Crippen LogP contribution is 2.27. The maximum Gasteiger partial charge on any atom is 0.335 e. The molecule has 5 nitrogen and oxygen atoms in total. The van der Waals surface area contributed by atoms with Crippen molar-refractivity contribution in [3.05, 3.63) is 35.7 Å². The van der Waals surface area contributed by atoms with Gasteiger partial charge in [0.2, 0.25) is 0 Å². The third kappa shape index (κ3) is 3.84. The van der Waals surface area contributed by atoms with E-state index in [9.17, 15) is 4.79 Å². The number of carbonyl (C=O) groups is 1. The molecule has 6 heteroatoms. The van der Waals surface area contributed by atoms with E-state index in [1.807, 2.05) is 0 Å². The first-order valence-electron chi connectivity index (χ1n) is 6.15. The lowest BCUT2D eigenvalue weighted by Crippen LogP contribution is -2.07. The summed E-state index contributed by atoms with van der Waals surface area (Å²) in [6, 6.07) is 6.37. The molecule has 1 aromatic carbocycles. The summed E-state index contributed by atoms with van der Waals surface area (Å²) in [6.45, 7) is 6.38.